The lowest BCUT2D eigenvalue weighted by atomic mass is 9.86. The van der Waals surface area contributed by atoms with Gasteiger partial charge in [0.05, 0.1) is 16.6 Å². The summed E-state index contributed by atoms with van der Waals surface area (Å²) >= 11 is 0. The van der Waals surface area contributed by atoms with Crippen LogP contribution in [0.3, 0.4) is 0 Å². The zero-order valence-electron chi connectivity index (χ0n) is 18.7. The molecule has 0 fully saturated rings. The van der Waals surface area contributed by atoms with E-state index < -0.39 is 17.3 Å². The van der Waals surface area contributed by atoms with Crippen LogP contribution < -0.4 is 11.3 Å². The third-order valence-electron chi connectivity index (χ3n) is 6.25. The van der Waals surface area contributed by atoms with Crippen LogP contribution in [-0.4, -0.2) is 21.3 Å². The number of benzene rings is 2. The Morgan fingerprint density at radius 2 is 1.91 bits per heavy atom. The highest BCUT2D eigenvalue weighted by Crippen LogP contribution is 2.33. The number of hydrogen-bond acceptors (Lipinski definition) is 4. The van der Waals surface area contributed by atoms with Gasteiger partial charge in [-0.15, -0.1) is 0 Å². The summed E-state index contributed by atoms with van der Waals surface area (Å²) in [6, 6.07) is 13.0. The average Bonchev–Trinajstić information content (AvgIpc) is 2.83. The highest BCUT2D eigenvalue weighted by Gasteiger charge is 2.30. The van der Waals surface area contributed by atoms with Crippen molar-refractivity contribution in [2.45, 2.75) is 19.1 Å². The van der Waals surface area contributed by atoms with Crippen molar-refractivity contribution in [2.75, 3.05) is 0 Å². The second-order valence-electron chi connectivity index (χ2n) is 8.62. The minimum absolute atomic E-state index is 0.121. The molecule has 0 radical (unpaired) electrons. The Bertz CT molecular complexity index is 1610. The molecule has 35 heavy (non-hydrogen) atoms. The lowest BCUT2D eigenvalue weighted by molar-refractivity contribution is -0.137. The summed E-state index contributed by atoms with van der Waals surface area (Å²) in [7, 11) is 0. The van der Waals surface area contributed by atoms with Gasteiger partial charge in [0.1, 0.15) is 0 Å². The number of halogens is 3. The lowest BCUT2D eigenvalue weighted by Gasteiger charge is -2.22. The van der Waals surface area contributed by atoms with Gasteiger partial charge >= 0.3 is 6.18 Å². The molecule has 2 aromatic heterocycles. The molecule has 5 nitrogen and oxygen atoms in total. The fourth-order valence-electron chi connectivity index (χ4n) is 4.47. The van der Waals surface area contributed by atoms with Crippen LogP contribution in [-0.2, 0) is 6.18 Å². The molecule has 0 aliphatic heterocycles. The number of rotatable bonds is 3. The van der Waals surface area contributed by atoms with Gasteiger partial charge in [0.2, 0.25) is 0 Å². The van der Waals surface area contributed by atoms with E-state index >= 15 is 0 Å². The van der Waals surface area contributed by atoms with E-state index in [0.29, 0.717) is 27.5 Å². The van der Waals surface area contributed by atoms with Crippen molar-refractivity contribution in [3.63, 3.8) is 0 Å². The molecule has 0 bridgehead atoms. The van der Waals surface area contributed by atoms with Crippen molar-refractivity contribution in [1.82, 2.24) is 9.55 Å². The fraction of sp³-hybridized carbons (Fsp3) is 0.148. The number of nitrogens with one attached hydrogen (secondary N) is 1. The summed E-state index contributed by atoms with van der Waals surface area (Å²) in [6.07, 6.45) is 2.75. The van der Waals surface area contributed by atoms with Crippen LogP contribution in [0.5, 0.6) is 0 Å². The van der Waals surface area contributed by atoms with E-state index in [2.05, 4.69) is 4.98 Å². The molecule has 0 saturated carbocycles. The number of pyridine rings is 2. The predicted octanol–water partition coefficient (Wildman–Crippen LogP) is 5.49. The van der Waals surface area contributed by atoms with Crippen molar-refractivity contribution in [3.05, 3.63) is 101 Å². The van der Waals surface area contributed by atoms with Crippen molar-refractivity contribution in [3.8, 4) is 5.69 Å². The van der Waals surface area contributed by atoms with Crippen LogP contribution in [0.4, 0.5) is 13.2 Å². The van der Waals surface area contributed by atoms with Gasteiger partial charge in [0, 0.05) is 46.4 Å². The second kappa shape index (κ2) is 8.32. The SMILES string of the molecule is CC(=N)C1C=C(c2ccc3ncc4ccc(=O)n(-c5cccc(C(F)(F)F)c5)c4c3c2)C=CC1N. The summed E-state index contributed by atoms with van der Waals surface area (Å²) in [5.74, 6) is -0.236. The number of alkyl halides is 3. The maximum atomic E-state index is 13.4. The van der Waals surface area contributed by atoms with Crippen molar-refractivity contribution < 1.29 is 13.2 Å². The number of nitrogens with two attached hydrogens (primary N) is 1. The van der Waals surface area contributed by atoms with Crippen LogP contribution in [0.25, 0.3) is 33.1 Å². The third kappa shape index (κ3) is 4.06. The molecule has 2 aromatic carbocycles. The van der Waals surface area contributed by atoms with Gasteiger partial charge in [-0.1, -0.05) is 30.4 Å². The van der Waals surface area contributed by atoms with E-state index in [-0.39, 0.29) is 17.6 Å². The van der Waals surface area contributed by atoms with E-state index in [1.165, 1.54) is 22.8 Å². The first-order valence-corrected chi connectivity index (χ1v) is 11.0. The second-order valence-corrected chi connectivity index (χ2v) is 8.62. The van der Waals surface area contributed by atoms with Gasteiger partial charge in [0.25, 0.3) is 5.56 Å². The minimum atomic E-state index is -4.54. The van der Waals surface area contributed by atoms with E-state index in [0.717, 1.165) is 23.3 Å². The Balaban J connectivity index is 1.78. The molecule has 4 aromatic rings. The summed E-state index contributed by atoms with van der Waals surface area (Å²) < 4.78 is 41.5. The largest absolute Gasteiger partial charge is 0.416 e. The standard InChI is InChI=1S/C27H21F3N4O/c1-15(31)21-11-16(5-8-23(21)32)17-6-9-24-22(12-17)26-18(14-33-24)7-10-25(35)34(26)20-4-2-3-19(13-20)27(28,29)30/h2-14,21,23,31H,32H2,1H3. The number of nitrogens with zero attached hydrogens (tertiary/aromatic N) is 2. The average molecular weight is 474 g/mol. The Kier molecular flexibility index (Phi) is 5.40. The third-order valence-corrected chi connectivity index (χ3v) is 6.25. The van der Waals surface area contributed by atoms with E-state index in [1.807, 2.05) is 36.4 Å². The van der Waals surface area contributed by atoms with Crippen LogP contribution in [0.15, 0.2) is 83.8 Å². The minimum Gasteiger partial charge on any atom is -0.324 e. The number of hydrogen-bond donors (Lipinski definition) is 2. The molecule has 2 heterocycles. The normalized spacial score (nSPS) is 18.1. The van der Waals surface area contributed by atoms with Crippen LogP contribution in [0.2, 0.25) is 0 Å². The maximum Gasteiger partial charge on any atom is 0.416 e. The van der Waals surface area contributed by atoms with E-state index in [9.17, 15) is 18.0 Å². The first-order valence-electron chi connectivity index (χ1n) is 11.0. The van der Waals surface area contributed by atoms with Crippen molar-refractivity contribution in [2.24, 2.45) is 11.7 Å². The molecule has 1 aliphatic carbocycles. The van der Waals surface area contributed by atoms with Gasteiger partial charge in [-0.2, -0.15) is 13.2 Å². The Morgan fingerprint density at radius 3 is 2.66 bits per heavy atom. The van der Waals surface area contributed by atoms with Crippen molar-refractivity contribution in [1.29, 1.82) is 5.41 Å². The van der Waals surface area contributed by atoms with Gasteiger partial charge in [0.15, 0.2) is 0 Å². The molecule has 1 aliphatic rings. The molecule has 5 rings (SSSR count). The van der Waals surface area contributed by atoms with Gasteiger partial charge in [-0.05, 0) is 54.5 Å². The lowest BCUT2D eigenvalue weighted by Crippen LogP contribution is -2.32. The van der Waals surface area contributed by atoms with Gasteiger partial charge in [-0.3, -0.25) is 14.3 Å². The summed E-state index contributed by atoms with van der Waals surface area (Å²) in [5.41, 5.74) is 8.19. The number of allylic oxidation sites excluding steroid dienone is 2. The monoisotopic (exact) mass is 474 g/mol. The van der Waals surface area contributed by atoms with Crippen molar-refractivity contribution >= 4 is 33.1 Å². The number of aromatic nitrogens is 2. The Labute approximate surface area is 198 Å². The fourth-order valence-corrected chi connectivity index (χ4v) is 4.47. The Morgan fingerprint density at radius 1 is 1.11 bits per heavy atom. The van der Waals surface area contributed by atoms with Gasteiger partial charge in [-0.25, -0.2) is 0 Å². The number of fused-ring (bicyclic) bond motifs is 3. The van der Waals surface area contributed by atoms with Crippen LogP contribution in [0.1, 0.15) is 18.1 Å². The zero-order chi connectivity index (χ0) is 24.9. The highest BCUT2D eigenvalue weighted by molar-refractivity contribution is 6.05. The molecule has 2 atom stereocenters. The summed E-state index contributed by atoms with van der Waals surface area (Å²) in [5, 5.41) is 9.28. The van der Waals surface area contributed by atoms with Gasteiger partial charge < -0.3 is 11.1 Å². The predicted molar refractivity (Wildman–Crippen MR) is 132 cm³/mol. The molecule has 2 unspecified atom stereocenters. The smallest absolute Gasteiger partial charge is 0.324 e. The molecule has 8 heteroatoms. The van der Waals surface area contributed by atoms with E-state index in [1.54, 1.807) is 19.2 Å². The molecule has 0 spiro atoms. The van der Waals surface area contributed by atoms with E-state index in [4.69, 9.17) is 11.1 Å². The molecule has 3 N–H and O–H groups in total. The zero-order valence-corrected chi connectivity index (χ0v) is 18.7. The molecule has 0 saturated heterocycles. The quantitative estimate of drug-likeness (QED) is 0.304. The molecular weight excluding hydrogens is 453 g/mol. The summed E-state index contributed by atoms with van der Waals surface area (Å²) in [6.45, 7) is 1.71. The highest BCUT2D eigenvalue weighted by atomic mass is 19.4. The topological polar surface area (TPSA) is 84.8 Å². The molecule has 0 amide bonds. The summed E-state index contributed by atoms with van der Waals surface area (Å²) in [4.78, 5) is 17.5. The van der Waals surface area contributed by atoms with Crippen LogP contribution in [0, 0.1) is 11.3 Å². The maximum absolute atomic E-state index is 13.4. The first kappa shape index (κ1) is 22.7. The Hall–Kier alpha value is -4.04. The molecular formula is C27H21F3N4O. The first-order chi connectivity index (χ1) is 16.6. The molecule has 176 valence electrons. The van der Waals surface area contributed by atoms with Crippen LogP contribution >= 0.6 is 0 Å².